The summed E-state index contributed by atoms with van der Waals surface area (Å²) in [5, 5.41) is 6.57. The van der Waals surface area contributed by atoms with Gasteiger partial charge in [-0.3, -0.25) is 4.57 Å². The second-order valence-corrected chi connectivity index (χ2v) is 4.33. The third-order valence-corrected chi connectivity index (χ3v) is 3.15. The number of anilines is 1. The van der Waals surface area contributed by atoms with Crippen molar-refractivity contribution in [2.24, 2.45) is 0 Å². The quantitative estimate of drug-likeness (QED) is 0.754. The van der Waals surface area contributed by atoms with Crippen LogP contribution in [-0.2, 0) is 6.54 Å². The van der Waals surface area contributed by atoms with Crippen molar-refractivity contribution in [1.82, 2.24) is 19.7 Å². The normalized spacial score (nSPS) is 17.3. The number of hydrogen-bond acceptors (Lipinski definition) is 4. The van der Waals surface area contributed by atoms with Crippen molar-refractivity contribution in [2.75, 3.05) is 25.4 Å². The SMILES string of the molecule is Nc1n[nH]c(=S)n1CCCN1CCCC1. The van der Waals surface area contributed by atoms with Gasteiger partial charge in [0.2, 0.25) is 5.95 Å². The Bertz CT molecular complexity index is 363. The highest BCUT2D eigenvalue weighted by atomic mass is 32.1. The summed E-state index contributed by atoms with van der Waals surface area (Å²) in [7, 11) is 0. The molecule has 1 saturated heterocycles. The van der Waals surface area contributed by atoms with E-state index in [1.807, 2.05) is 4.57 Å². The Labute approximate surface area is 94.3 Å². The number of nitrogens with one attached hydrogen (secondary N) is 1. The third-order valence-electron chi connectivity index (χ3n) is 2.84. The number of hydrogen-bond donors (Lipinski definition) is 2. The molecule has 0 amide bonds. The number of nitrogen functional groups attached to an aromatic ring is 1. The van der Waals surface area contributed by atoms with Gasteiger partial charge in [-0.1, -0.05) is 0 Å². The van der Waals surface area contributed by atoms with E-state index in [0.717, 1.165) is 19.5 Å². The van der Waals surface area contributed by atoms with Gasteiger partial charge in [0.15, 0.2) is 4.77 Å². The van der Waals surface area contributed by atoms with Crippen LogP contribution in [0, 0.1) is 4.77 Å². The fourth-order valence-electron chi connectivity index (χ4n) is 2.00. The molecule has 1 aromatic rings. The molecule has 15 heavy (non-hydrogen) atoms. The summed E-state index contributed by atoms with van der Waals surface area (Å²) in [5.41, 5.74) is 5.68. The van der Waals surface area contributed by atoms with Crippen molar-refractivity contribution >= 4 is 18.2 Å². The van der Waals surface area contributed by atoms with Gasteiger partial charge in [0.05, 0.1) is 0 Å². The highest BCUT2D eigenvalue weighted by Crippen LogP contribution is 2.08. The summed E-state index contributed by atoms with van der Waals surface area (Å²) >= 11 is 5.07. The zero-order valence-electron chi connectivity index (χ0n) is 8.78. The molecule has 0 unspecified atom stereocenters. The maximum atomic E-state index is 5.68. The molecule has 0 spiro atoms. The van der Waals surface area contributed by atoms with Crippen LogP contribution in [0.25, 0.3) is 0 Å². The summed E-state index contributed by atoms with van der Waals surface area (Å²) in [6.45, 7) is 4.47. The highest BCUT2D eigenvalue weighted by molar-refractivity contribution is 7.71. The van der Waals surface area contributed by atoms with Crippen LogP contribution in [0.4, 0.5) is 5.95 Å². The molecule has 1 aromatic heterocycles. The standard InChI is InChI=1S/C9H17N5S/c10-8-11-12-9(15)14(8)7-3-6-13-4-1-2-5-13/h1-7H2,(H2,10,11)(H,12,15). The minimum atomic E-state index is 0.487. The van der Waals surface area contributed by atoms with Gasteiger partial charge in [-0.05, 0) is 51.1 Å². The third kappa shape index (κ3) is 2.57. The fourth-order valence-corrected chi connectivity index (χ4v) is 2.24. The second kappa shape index (κ2) is 4.76. The maximum Gasteiger partial charge on any atom is 0.220 e. The molecule has 5 nitrogen and oxygen atoms in total. The van der Waals surface area contributed by atoms with Crippen LogP contribution in [0.15, 0.2) is 0 Å². The molecule has 0 aliphatic carbocycles. The molecule has 0 atom stereocenters. The van der Waals surface area contributed by atoms with Crippen LogP contribution in [0.2, 0.25) is 0 Å². The Morgan fingerprint density at radius 2 is 2.07 bits per heavy atom. The van der Waals surface area contributed by atoms with Gasteiger partial charge in [-0.25, -0.2) is 5.10 Å². The molecular formula is C9H17N5S. The van der Waals surface area contributed by atoms with Crippen LogP contribution in [0.1, 0.15) is 19.3 Å². The van der Waals surface area contributed by atoms with Crippen LogP contribution in [0.3, 0.4) is 0 Å². The molecule has 84 valence electrons. The molecular weight excluding hydrogens is 210 g/mol. The zero-order chi connectivity index (χ0) is 10.7. The predicted octanol–water partition coefficient (Wildman–Crippen LogP) is 1.01. The van der Waals surface area contributed by atoms with Gasteiger partial charge in [0.1, 0.15) is 0 Å². The molecule has 0 bridgehead atoms. The minimum Gasteiger partial charge on any atom is -0.368 e. The Hall–Kier alpha value is -0.880. The predicted molar refractivity (Wildman–Crippen MR) is 62.1 cm³/mol. The Balaban J connectivity index is 1.80. The van der Waals surface area contributed by atoms with Crippen LogP contribution in [-0.4, -0.2) is 39.3 Å². The number of nitrogens with zero attached hydrogens (tertiary/aromatic N) is 3. The largest absolute Gasteiger partial charge is 0.368 e. The lowest BCUT2D eigenvalue weighted by Gasteiger charge is -2.14. The number of rotatable bonds is 4. The number of likely N-dealkylation sites (tertiary alicyclic amines) is 1. The molecule has 1 aliphatic rings. The molecule has 2 heterocycles. The lowest BCUT2D eigenvalue weighted by Crippen LogP contribution is -2.21. The number of aromatic nitrogens is 3. The topological polar surface area (TPSA) is 62.9 Å². The lowest BCUT2D eigenvalue weighted by molar-refractivity contribution is 0.325. The van der Waals surface area contributed by atoms with Crippen LogP contribution >= 0.6 is 12.2 Å². The van der Waals surface area contributed by atoms with E-state index < -0.39 is 0 Å². The monoisotopic (exact) mass is 227 g/mol. The van der Waals surface area contributed by atoms with E-state index in [4.69, 9.17) is 18.0 Å². The van der Waals surface area contributed by atoms with Gasteiger partial charge >= 0.3 is 0 Å². The Morgan fingerprint density at radius 1 is 1.33 bits per heavy atom. The molecule has 0 aromatic carbocycles. The van der Waals surface area contributed by atoms with E-state index in [1.54, 1.807) is 0 Å². The van der Waals surface area contributed by atoms with Crippen molar-refractivity contribution in [2.45, 2.75) is 25.8 Å². The van der Waals surface area contributed by atoms with Gasteiger partial charge in [-0.2, -0.15) is 0 Å². The van der Waals surface area contributed by atoms with Crippen molar-refractivity contribution < 1.29 is 0 Å². The van der Waals surface area contributed by atoms with Crippen molar-refractivity contribution in [3.63, 3.8) is 0 Å². The minimum absolute atomic E-state index is 0.487. The van der Waals surface area contributed by atoms with E-state index in [1.165, 1.54) is 25.9 Å². The molecule has 6 heteroatoms. The molecule has 1 aliphatic heterocycles. The maximum absolute atomic E-state index is 5.68. The zero-order valence-corrected chi connectivity index (χ0v) is 9.59. The van der Waals surface area contributed by atoms with Gasteiger partial charge in [-0.15, -0.1) is 5.10 Å². The molecule has 0 saturated carbocycles. The van der Waals surface area contributed by atoms with E-state index >= 15 is 0 Å². The van der Waals surface area contributed by atoms with Crippen molar-refractivity contribution in [1.29, 1.82) is 0 Å². The van der Waals surface area contributed by atoms with Crippen LogP contribution in [0.5, 0.6) is 0 Å². The molecule has 3 N–H and O–H groups in total. The second-order valence-electron chi connectivity index (χ2n) is 3.94. The Kier molecular flexibility index (Phi) is 3.37. The summed E-state index contributed by atoms with van der Waals surface area (Å²) in [6, 6.07) is 0. The first-order valence-electron chi connectivity index (χ1n) is 5.40. The van der Waals surface area contributed by atoms with E-state index in [0.29, 0.717) is 10.7 Å². The average Bonchev–Trinajstić information content (AvgIpc) is 2.82. The number of nitrogens with two attached hydrogens (primary N) is 1. The van der Waals surface area contributed by atoms with E-state index in [9.17, 15) is 0 Å². The van der Waals surface area contributed by atoms with Gasteiger partial charge in [0.25, 0.3) is 0 Å². The lowest BCUT2D eigenvalue weighted by atomic mass is 10.4. The highest BCUT2D eigenvalue weighted by Gasteiger charge is 2.10. The van der Waals surface area contributed by atoms with Gasteiger partial charge in [0, 0.05) is 6.54 Å². The molecule has 1 fully saturated rings. The summed E-state index contributed by atoms with van der Waals surface area (Å²) in [5.74, 6) is 0.487. The summed E-state index contributed by atoms with van der Waals surface area (Å²) in [4.78, 5) is 2.49. The first-order chi connectivity index (χ1) is 7.27. The van der Waals surface area contributed by atoms with Gasteiger partial charge < -0.3 is 10.6 Å². The number of aromatic amines is 1. The van der Waals surface area contributed by atoms with Crippen LogP contribution < -0.4 is 5.73 Å². The van der Waals surface area contributed by atoms with Crippen molar-refractivity contribution in [3.8, 4) is 0 Å². The smallest absolute Gasteiger partial charge is 0.220 e. The first-order valence-corrected chi connectivity index (χ1v) is 5.81. The summed E-state index contributed by atoms with van der Waals surface area (Å²) in [6.07, 6.45) is 3.76. The molecule has 2 rings (SSSR count). The summed E-state index contributed by atoms with van der Waals surface area (Å²) < 4.78 is 2.47. The van der Waals surface area contributed by atoms with E-state index in [-0.39, 0.29) is 0 Å². The fraction of sp³-hybridized carbons (Fsp3) is 0.778. The average molecular weight is 227 g/mol. The van der Waals surface area contributed by atoms with Crippen molar-refractivity contribution in [3.05, 3.63) is 4.77 Å². The molecule has 0 radical (unpaired) electrons. The first kappa shape index (κ1) is 10.6. The van der Waals surface area contributed by atoms with E-state index in [2.05, 4.69) is 15.1 Å². The number of H-pyrrole nitrogens is 1. The Morgan fingerprint density at radius 3 is 2.67 bits per heavy atom.